The first-order valence-electron chi connectivity index (χ1n) is 10.0. The maximum Gasteiger partial charge on any atom is 0.387 e. The van der Waals surface area contributed by atoms with Crippen molar-refractivity contribution < 1.29 is 32.2 Å². The van der Waals surface area contributed by atoms with Crippen molar-refractivity contribution in [1.29, 1.82) is 0 Å². The van der Waals surface area contributed by atoms with Crippen LogP contribution in [-0.2, 0) is 6.61 Å². The van der Waals surface area contributed by atoms with Crippen molar-refractivity contribution in [3.63, 3.8) is 0 Å². The minimum absolute atomic E-state index is 0.0448. The third-order valence-electron chi connectivity index (χ3n) is 4.67. The van der Waals surface area contributed by atoms with E-state index >= 15 is 0 Å². The van der Waals surface area contributed by atoms with Gasteiger partial charge in [-0.25, -0.2) is 0 Å². The summed E-state index contributed by atoms with van der Waals surface area (Å²) >= 11 is 0. The topological polar surface area (TPSA) is 57.9 Å². The summed E-state index contributed by atoms with van der Waals surface area (Å²) in [5, 5.41) is 0. The molecule has 5 nitrogen and oxygen atoms in total. The summed E-state index contributed by atoms with van der Waals surface area (Å²) in [5.41, 5.74) is 1.50. The number of hydrogen-bond donors (Lipinski definition) is 0. The molecule has 0 atom stereocenters. The average molecular weight is 442 g/mol. The van der Waals surface area contributed by atoms with Crippen molar-refractivity contribution in [2.75, 3.05) is 7.11 Å². The Morgan fingerprint density at radius 1 is 1.03 bits per heavy atom. The van der Waals surface area contributed by atoms with Crippen LogP contribution in [0.15, 0.2) is 65.1 Å². The lowest BCUT2D eigenvalue weighted by atomic mass is 10.0. The molecule has 1 heterocycles. The van der Waals surface area contributed by atoms with Crippen LogP contribution in [0.4, 0.5) is 8.78 Å². The summed E-state index contributed by atoms with van der Waals surface area (Å²) in [6.07, 6.45) is 2.86. The SMILES string of the molecule is COc1cc(C(=O)/C=C/c2ccc(COc3ccc(C(C)C)cc3)o2)ccc1OC(F)F. The molecule has 0 unspecified atom stereocenters. The summed E-state index contributed by atoms with van der Waals surface area (Å²) in [5.74, 6) is 1.85. The van der Waals surface area contributed by atoms with Gasteiger partial charge in [-0.15, -0.1) is 0 Å². The van der Waals surface area contributed by atoms with Crippen molar-refractivity contribution in [1.82, 2.24) is 0 Å². The standard InChI is InChI=1S/C25H24F2O5/c1-16(2)17-4-7-19(8-5-17)30-15-21-10-9-20(31-21)11-12-22(28)18-6-13-23(32-25(26)27)24(14-18)29-3/h4-14,16,25H,15H2,1-3H3/b12-11+. The van der Waals surface area contributed by atoms with E-state index in [1.54, 1.807) is 12.1 Å². The summed E-state index contributed by atoms with van der Waals surface area (Å²) < 4.78 is 45.6. The van der Waals surface area contributed by atoms with Gasteiger partial charge in [-0.1, -0.05) is 26.0 Å². The van der Waals surface area contributed by atoms with Gasteiger partial charge in [0.1, 0.15) is 23.9 Å². The Morgan fingerprint density at radius 3 is 2.44 bits per heavy atom. The van der Waals surface area contributed by atoms with Gasteiger partial charge in [0.2, 0.25) is 0 Å². The number of ether oxygens (including phenoxy) is 3. The first-order valence-corrected chi connectivity index (χ1v) is 10.0. The van der Waals surface area contributed by atoms with Crippen LogP contribution in [0.25, 0.3) is 6.08 Å². The third-order valence-corrected chi connectivity index (χ3v) is 4.67. The van der Waals surface area contributed by atoms with Crippen LogP contribution in [-0.4, -0.2) is 19.5 Å². The number of carbonyl (C=O) groups is 1. The summed E-state index contributed by atoms with van der Waals surface area (Å²) in [6, 6.07) is 15.4. The molecule has 0 aliphatic heterocycles. The van der Waals surface area contributed by atoms with Crippen molar-refractivity contribution in [3.8, 4) is 17.2 Å². The lowest BCUT2D eigenvalue weighted by Crippen LogP contribution is -2.04. The van der Waals surface area contributed by atoms with Crippen LogP contribution < -0.4 is 14.2 Å². The van der Waals surface area contributed by atoms with Crippen LogP contribution >= 0.6 is 0 Å². The molecule has 0 amide bonds. The van der Waals surface area contributed by atoms with Crippen molar-refractivity contribution in [3.05, 3.63) is 83.3 Å². The maximum absolute atomic E-state index is 12.4. The predicted octanol–water partition coefficient (Wildman–Crippen LogP) is 6.49. The Balaban J connectivity index is 1.59. The van der Waals surface area contributed by atoms with Gasteiger partial charge in [0.25, 0.3) is 0 Å². The summed E-state index contributed by atoms with van der Waals surface area (Å²) in [6.45, 7) is 1.53. The number of benzene rings is 2. The first-order chi connectivity index (χ1) is 15.4. The molecule has 0 saturated carbocycles. The van der Waals surface area contributed by atoms with E-state index < -0.39 is 6.61 Å². The Labute approximate surface area is 185 Å². The molecule has 0 fully saturated rings. The van der Waals surface area contributed by atoms with E-state index in [1.165, 1.54) is 43.0 Å². The maximum atomic E-state index is 12.4. The number of alkyl halides is 2. The minimum Gasteiger partial charge on any atom is -0.493 e. The highest BCUT2D eigenvalue weighted by Gasteiger charge is 2.13. The lowest BCUT2D eigenvalue weighted by Gasteiger charge is -2.10. The van der Waals surface area contributed by atoms with E-state index in [-0.39, 0.29) is 29.5 Å². The second-order valence-corrected chi connectivity index (χ2v) is 7.26. The van der Waals surface area contributed by atoms with Gasteiger partial charge < -0.3 is 18.6 Å². The Hall–Kier alpha value is -3.61. The second-order valence-electron chi connectivity index (χ2n) is 7.26. The van der Waals surface area contributed by atoms with Crippen LogP contribution in [0.2, 0.25) is 0 Å². The smallest absolute Gasteiger partial charge is 0.387 e. The molecule has 0 radical (unpaired) electrons. The van der Waals surface area contributed by atoms with Gasteiger partial charge in [0, 0.05) is 5.56 Å². The fraction of sp³-hybridized carbons (Fsp3) is 0.240. The largest absolute Gasteiger partial charge is 0.493 e. The molecular formula is C25H24F2O5. The average Bonchev–Trinajstić information content (AvgIpc) is 3.24. The molecule has 0 bridgehead atoms. The van der Waals surface area contributed by atoms with Gasteiger partial charge in [0.05, 0.1) is 7.11 Å². The highest BCUT2D eigenvalue weighted by molar-refractivity contribution is 6.07. The van der Waals surface area contributed by atoms with Crippen molar-refractivity contribution in [2.45, 2.75) is 33.0 Å². The molecule has 0 aliphatic rings. The number of furan rings is 1. The molecule has 7 heteroatoms. The third kappa shape index (κ3) is 6.20. The first kappa shape index (κ1) is 23.1. The van der Waals surface area contributed by atoms with E-state index in [1.807, 2.05) is 24.3 Å². The fourth-order valence-electron chi connectivity index (χ4n) is 2.93. The number of allylic oxidation sites excluding steroid dienone is 1. The van der Waals surface area contributed by atoms with Gasteiger partial charge in [-0.05, 0) is 66.1 Å². The van der Waals surface area contributed by atoms with E-state index in [0.29, 0.717) is 17.4 Å². The minimum atomic E-state index is -2.98. The van der Waals surface area contributed by atoms with Crippen molar-refractivity contribution in [2.24, 2.45) is 0 Å². The number of carbonyl (C=O) groups excluding carboxylic acids is 1. The zero-order valence-electron chi connectivity index (χ0n) is 18.0. The van der Waals surface area contributed by atoms with E-state index in [2.05, 4.69) is 18.6 Å². The number of methoxy groups -OCH3 is 1. The second kappa shape index (κ2) is 10.6. The Morgan fingerprint density at radius 2 is 1.78 bits per heavy atom. The van der Waals surface area contributed by atoms with E-state index in [4.69, 9.17) is 13.9 Å². The number of hydrogen-bond acceptors (Lipinski definition) is 5. The quantitative estimate of drug-likeness (QED) is 0.265. The highest BCUT2D eigenvalue weighted by atomic mass is 19.3. The predicted molar refractivity (Wildman–Crippen MR) is 117 cm³/mol. The van der Waals surface area contributed by atoms with E-state index in [9.17, 15) is 13.6 Å². The molecule has 0 saturated heterocycles. The molecule has 3 aromatic rings. The molecule has 168 valence electrons. The van der Waals surface area contributed by atoms with Crippen molar-refractivity contribution >= 4 is 11.9 Å². The number of ketones is 1. The molecule has 3 rings (SSSR count). The number of rotatable bonds is 10. The van der Waals surface area contributed by atoms with E-state index in [0.717, 1.165) is 5.75 Å². The van der Waals surface area contributed by atoms with Crippen LogP contribution in [0.1, 0.15) is 47.2 Å². The molecule has 2 aromatic carbocycles. The Bertz CT molecular complexity index is 1070. The molecular weight excluding hydrogens is 418 g/mol. The highest BCUT2D eigenvalue weighted by Crippen LogP contribution is 2.29. The molecule has 1 aromatic heterocycles. The zero-order valence-corrected chi connectivity index (χ0v) is 18.0. The fourth-order valence-corrected chi connectivity index (χ4v) is 2.93. The summed E-state index contributed by atoms with van der Waals surface area (Å²) in [7, 11) is 1.31. The van der Waals surface area contributed by atoms with Crippen LogP contribution in [0.5, 0.6) is 17.2 Å². The van der Waals surface area contributed by atoms with Gasteiger partial charge in [0.15, 0.2) is 17.3 Å². The molecule has 32 heavy (non-hydrogen) atoms. The lowest BCUT2D eigenvalue weighted by molar-refractivity contribution is -0.0512. The normalized spacial score (nSPS) is 11.3. The van der Waals surface area contributed by atoms with Crippen LogP contribution in [0, 0.1) is 0 Å². The molecule has 0 N–H and O–H groups in total. The number of halogens is 2. The zero-order chi connectivity index (χ0) is 23.1. The summed E-state index contributed by atoms with van der Waals surface area (Å²) in [4.78, 5) is 12.4. The van der Waals surface area contributed by atoms with Gasteiger partial charge >= 0.3 is 6.61 Å². The Kier molecular flexibility index (Phi) is 7.65. The van der Waals surface area contributed by atoms with Crippen LogP contribution in [0.3, 0.4) is 0 Å². The molecule has 0 spiro atoms. The van der Waals surface area contributed by atoms with Gasteiger partial charge in [-0.3, -0.25) is 4.79 Å². The monoisotopic (exact) mass is 442 g/mol. The molecule has 0 aliphatic carbocycles. The van der Waals surface area contributed by atoms with Gasteiger partial charge in [-0.2, -0.15) is 8.78 Å².